The minimum absolute atomic E-state index is 0. The van der Waals surface area contributed by atoms with Gasteiger partial charge in [0.05, 0.1) is 13.2 Å². The van der Waals surface area contributed by atoms with Crippen LogP contribution in [0.4, 0.5) is 0 Å². The minimum atomic E-state index is -0.312. The third kappa shape index (κ3) is 64.0. The quantitative estimate of drug-likeness (QED) is 0.306. The molecule has 4 heteroatoms. The molecule has 1 N–H and O–H groups in total. The SMILES string of the molecule is C.C.C.C.C.C.C.C.C=C(C)C(=O)OCC.CCC.CCO.CCOc1ccccc1.Cc1ccccc1. The van der Waals surface area contributed by atoms with Gasteiger partial charge in [-0.15, -0.1) is 0 Å². The summed E-state index contributed by atoms with van der Waals surface area (Å²) in [6, 6.07) is 20.1. The first-order chi connectivity index (χ1) is 14.3. The molecule has 0 unspecified atom stereocenters. The summed E-state index contributed by atoms with van der Waals surface area (Å²) in [5.41, 5.74) is 1.77. The van der Waals surface area contributed by atoms with Crippen molar-refractivity contribution in [2.75, 3.05) is 19.8 Å². The van der Waals surface area contributed by atoms with E-state index in [4.69, 9.17) is 9.84 Å². The predicted molar refractivity (Wildman–Crippen MR) is 183 cm³/mol. The van der Waals surface area contributed by atoms with Gasteiger partial charge in [0.25, 0.3) is 0 Å². The van der Waals surface area contributed by atoms with Crippen molar-refractivity contribution < 1.29 is 19.4 Å². The highest BCUT2D eigenvalue weighted by Crippen LogP contribution is 2.06. The molecule has 0 saturated heterocycles. The smallest absolute Gasteiger partial charge is 0.333 e. The molecule has 0 bridgehead atoms. The van der Waals surface area contributed by atoms with E-state index in [1.54, 1.807) is 20.8 Å². The summed E-state index contributed by atoms with van der Waals surface area (Å²) in [5, 5.41) is 7.57. The van der Waals surface area contributed by atoms with Gasteiger partial charge in [0.2, 0.25) is 0 Å². The van der Waals surface area contributed by atoms with Crippen molar-refractivity contribution in [1.29, 1.82) is 0 Å². The average Bonchev–Trinajstić information content (AvgIpc) is 2.72. The van der Waals surface area contributed by atoms with Gasteiger partial charge in [0, 0.05) is 12.2 Å². The molecule has 2 rings (SSSR count). The average molecular weight is 547 g/mol. The van der Waals surface area contributed by atoms with Crippen LogP contribution in [0.2, 0.25) is 0 Å². The van der Waals surface area contributed by atoms with Crippen LogP contribution < -0.4 is 4.74 Å². The molecule has 0 fully saturated rings. The standard InChI is InChI=1S/C8H10O.C7H8.C6H10O2.C3H8.C2H6O.8CH4/c1-2-9-8-6-4-3-5-7-8;1-7-5-3-2-4-6-7;1-4-8-6(7)5(2)3;1-3-2;1-2-3;;;;;;;;/h3-7H,2H2,1H3;2-6H,1H3;2,4H2,1,3H3;3H2,1-2H3;3H,2H2,1H3;8*1H4. The molecule has 0 saturated carbocycles. The van der Waals surface area contributed by atoms with E-state index < -0.39 is 0 Å². The van der Waals surface area contributed by atoms with E-state index in [1.807, 2.05) is 55.5 Å². The summed E-state index contributed by atoms with van der Waals surface area (Å²) in [5.74, 6) is 0.632. The number of hydrogen-bond acceptors (Lipinski definition) is 4. The molecule has 2 aromatic rings. The maximum Gasteiger partial charge on any atom is 0.333 e. The number of benzene rings is 2. The van der Waals surface area contributed by atoms with Crippen LogP contribution in [-0.2, 0) is 9.53 Å². The normalized spacial score (nSPS) is 6.42. The number of carbonyl (C=O) groups excluding carboxylic acids is 1. The third-order valence-corrected chi connectivity index (χ3v) is 2.62. The van der Waals surface area contributed by atoms with Gasteiger partial charge in [-0.1, -0.05) is 140 Å². The van der Waals surface area contributed by atoms with Crippen LogP contribution in [0.15, 0.2) is 72.8 Å². The maximum absolute atomic E-state index is 10.4. The summed E-state index contributed by atoms with van der Waals surface area (Å²) in [6.45, 7) is 18.2. The Morgan fingerprint density at radius 3 is 1.21 bits per heavy atom. The maximum atomic E-state index is 10.4. The van der Waals surface area contributed by atoms with E-state index in [9.17, 15) is 4.79 Å². The summed E-state index contributed by atoms with van der Waals surface area (Å²) in [7, 11) is 0. The van der Waals surface area contributed by atoms with E-state index in [0.29, 0.717) is 12.2 Å². The van der Waals surface area contributed by atoms with Gasteiger partial charge < -0.3 is 14.6 Å². The summed E-state index contributed by atoms with van der Waals surface area (Å²) in [4.78, 5) is 10.4. The highest BCUT2D eigenvalue weighted by Gasteiger charge is 1.98. The highest BCUT2D eigenvalue weighted by molar-refractivity contribution is 5.86. The zero-order chi connectivity index (χ0) is 23.6. The molecular weight excluding hydrogens is 472 g/mol. The molecule has 2 aromatic carbocycles. The Kier molecular flexibility index (Phi) is 110. The monoisotopic (exact) mass is 547 g/mol. The van der Waals surface area contributed by atoms with Crippen molar-refractivity contribution in [2.24, 2.45) is 0 Å². The summed E-state index contributed by atoms with van der Waals surface area (Å²) >= 11 is 0. The van der Waals surface area contributed by atoms with Gasteiger partial charge in [-0.2, -0.15) is 0 Å². The molecule has 4 nitrogen and oxygen atoms in total. The van der Waals surface area contributed by atoms with Gasteiger partial charge in [-0.25, -0.2) is 4.79 Å². The van der Waals surface area contributed by atoms with Gasteiger partial charge in [0.1, 0.15) is 5.75 Å². The van der Waals surface area contributed by atoms with Gasteiger partial charge in [0.15, 0.2) is 0 Å². The summed E-state index contributed by atoms with van der Waals surface area (Å²) < 4.78 is 9.77. The van der Waals surface area contributed by atoms with E-state index >= 15 is 0 Å². The summed E-state index contributed by atoms with van der Waals surface area (Å²) in [6.07, 6.45) is 1.25. The predicted octanol–water partition coefficient (Wildman–Crippen LogP) is 11.7. The lowest BCUT2D eigenvalue weighted by Crippen LogP contribution is -2.03. The fourth-order valence-electron chi connectivity index (χ4n) is 1.47. The molecule has 0 heterocycles. The number of hydrogen-bond donors (Lipinski definition) is 1. The molecule has 0 radical (unpaired) electrons. The van der Waals surface area contributed by atoms with Crippen molar-refractivity contribution in [3.8, 4) is 5.75 Å². The molecule has 38 heavy (non-hydrogen) atoms. The number of aryl methyl sites for hydroxylation is 1. The van der Waals surface area contributed by atoms with Crippen LogP contribution in [-0.4, -0.2) is 30.9 Å². The van der Waals surface area contributed by atoms with E-state index in [2.05, 4.69) is 44.2 Å². The minimum Gasteiger partial charge on any atom is -0.494 e. The van der Waals surface area contributed by atoms with Crippen molar-refractivity contribution >= 4 is 5.97 Å². The number of aliphatic hydroxyl groups is 1. The lowest BCUT2D eigenvalue weighted by Gasteiger charge is -1.99. The Bertz CT molecular complexity index is 594. The first kappa shape index (κ1) is 70.4. The number of esters is 1. The van der Waals surface area contributed by atoms with Gasteiger partial charge in [-0.3, -0.25) is 0 Å². The van der Waals surface area contributed by atoms with Gasteiger partial charge >= 0.3 is 5.97 Å². The van der Waals surface area contributed by atoms with Crippen LogP contribution in [0.1, 0.15) is 113 Å². The third-order valence-electron chi connectivity index (χ3n) is 2.62. The second-order valence-electron chi connectivity index (χ2n) is 5.92. The van der Waals surface area contributed by atoms with Crippen molar-refractivity contribution in [1.82, 2.24) is 0 Å². The van der Waals surface area contributed by atoms with E-state index in [1.165, 1.54) is 12.0 Å². The first-order valence-electron chi connectivity index (χ1n) is 10.5. The largest absolute Gasteiger partial charge is 0.494 e. The molecule has 0 aliphatic carbocycles. The molecular formula is C34H74O4. The number of aliphatic hydroxyl groups excluding tert-OH is 1. The molecule has 0 aliphatic rings. The lowest BCUT2D eigenvalue weighted by atomic mass is 10.2. The number of rotatable bonds is 4. The zero-order valence-corrected chi connectivity index (χ0v) is 20.0. The number of para-hydroxylation sites is 1. The van der Waals surface area contributed by atoms with Crippen LogP contribution in [0.3, 0.4) is 0 Å². The van der Waals surface area contributed by atoms with Crippen LogP contribution in [0.5, 0.6) is 5.75 Å². The fourth-order valence-corrected chi connectivity index (χ4v) is 1.47. The van der Waals surface area contributed by atoms with E-state index in [-0.39, 0.29) is 72.0 Å². The Morgan fingerprint density at radius 1 is 0.711 bits per heavy atom. The van der Waals surface area contributed by atoms with Crippen LogP contribution in [0, 0.1) is 6.92 Å². The number of ether oxygens (including phenoxy) is 2. The van der Waals surface area contributed by atoms with Crippen LogP contribution in [0.25, 0.3) is 0 Å². The Hall–Kier alpha value is -2.59. The zero-order valence-electron chi connectivity index (χ0n) is 20.0. The lowest BCUT2D eigenvalue weighted by molar-refractivity contribution is -0.138. The van der Waals surface area contributed by atoms with Crippen molar-refractivity contribution in [3.63, 3.8) is 0 Å². The fraction of sp³-hybridized carbons (Fsp3) is 0.559. The molecule has 234 valence electrons. The second kappa shape index (κ2) is 59.5. The molecule has 0 spiro atoms. The number of carbonyl (C=O) groups is 1. The van der Waals surface area contributed by atoms with Crippen molar-refractivity contribution in [3.05, 3.63) is 78.4 Å². The second-order valence-corrected chi connectivity index (χ2v) is 5.92. The Morgan fingerprint density at radius 2 is 1.03 bits per heavy atom. The Balaban J connectivity index is -0.0000000265. The molecule has 0 aromatic heterocycles. The molecule has 0 aliphatic heterocycles. The van der Waals surface area contributed by atoms with Crippen LogP contribution >= 0.6 is 0 Å². The molecule has 0 amide bonds. The topological polar surface area (TPSA) is 55.8 Å². The van der Waals surface area contributed by atoms with E-state index in [0.717, 1.165) is 12.4 Å². The van der Waals surface area contributed by atoms with Gasteiger partial charge in [-0.05, 0) is 46.8 Å². The Labute approximate surface area is 243 Å². The first-order valence-corrected chi connectivity index (χ1v) is 10.5. The molecule has 0 atom stereocenters. The van der Waals surface area contributed by atoms with Crippen molar-refractivity contribution in [2.45, 2.75) is 114 Å². The highest BCUT2D eigenvalue weighted by atomic mass is 16.5.